The standard InChI is InChI=1S/C14H12F3NO/c1-8-11(7-19)4-10(6-18-8)9-2-3-13(15)12(5-9)14(16)17/h2-6,14,19H,7H2,1H3. The molecule has 0 atom stereocenters. The first-order valence-corrected chi connectivity index (χ1v) is 5.67. The van der Waals surface area contributed by atoms with Crippen LogP contribution in [0.25, 0.3) is 11.1 Å². The fourth-order valence-electron chi connectivity index (χ4n) is 1.79. The molecule has 0 fully saturated rings. The van der Waals surface area contributed by atoms with Crippen molar-refractivity contribution >= 4 is 0 Å². The van der Waals surface area contributed by atoms with E-state index in [9.17, 15) is 13.2 Å². The van der Waals surface area contributed by atoms with E-state index < -0.39 is 17.8 Å². The highest BCUT2D eigenvalue weighted by Gasteiger charge is 2.14. The zero-order chi connectivity index (χ0) is 14.0. The van der Waals surface area contributed by atoms with Crippen molar-refractivity contribution in [1.82, 2.24) is 4.98 Å². The quantitative estimate of drug-likeness (QED) is 0.921. The van der Waals surface area contributed by atoms with Crippen LogP contribution in [-0.4, -0.2) is 10.1 Å². The number of halogens is 3. The van der Waals surface area contributed by atoms with Gasteiger partial charge in [-0.1, -0.05) is 6.07 Å². The summed E-state index contributed by atoms with van der Waals surface area (Å²) >= 11 is 0. The molecule has 1 N–H and O–H groups in total. The Morgan fingerprint density at radius 2 is 1.95 bits per heavy atom. The van der Waals surface area contributed by atoms with Crippen molar-refractivity contribution in [3.63, 3.8) is 0 Å². The Kier molecular flexibility index (Phi) is 3.85. The molecule has 2 nitrogen and oxygen atoms in total. The Bertz CT molecular complexity index is 599. The van der Waals surface area contributed by atoms with Crippen LogP contribution in [0.5, 0.6) is 0 Å². The van der Waals surface area contributed by atoms with Gasteiger partial charge in [-0.05, 0) is 36.2 Å². The van der Waals surface area contributed by atoms with Crippen molar-refractivity contribution < 1.29 is 18.3 Å². The van der Waals surface area contributed by atoms with E-state index in [2.05, 4.69) is 4.98 Å². The van der Waals surface area contributed by atoms with E-state index in [1.165, 1.54) is 12.3 Å². The van der Waals surface area contributed by atoms with Gasteiger partial charge in [0.15, 0.2) is 0 Å². The van der Waals surface area contributed by atoms with E-state index in [1.807, 2.05) is 0 Å². The number of aliphatic hydroxyl groups excluding tert-OH is 1. The number of benzene rings is 1. The molecule has 0 saturated heterocycles. The fraction of sp³-hybridized carbons (Fsp3) is 0.214. The lowest BCUT2D eigenvalue weighted by atomic mass is 10.0. The highest BCUT2D eigenvalue weighted by Crippen LogP contribution is 2.28. The SMILES string of the molecule is Cc1ncc(-c2ccc(F)c(C(F)F)c2)cc1CO. The smallest absolute Gasteiger partial charge is 0.266 e. The summed E-state index contributed by atoms with van der Waals surface area (Å²) in [7, 11) is 0. The maximum absolute atomic E-state index is 13.2. The molecule has 2 aromatic rings. The van der Waals surface area contributed by atoms with E-state index in [4.69, 9.17) is 5.11 Å². The molecular weight excluding hydrogens is 255 g/mol. The second-order valence-corrected chi connectivity index (χ2v) is 4.16. The van der Waals surface area contributed by atoms with Gasteiger partial charge in [0.2, 0.25) is 0 Å². The van der Waals surface area contributed by atoms with Crippen LogP contribution in [0.3, 0.4) is 0 Å². The number of nitrogens with zero attached hydrogens (tertiary/aromatic N) is 1. The lowest BCUT2D eigenvalue weighted by Gasteiger charge is -2.08. The minimum absolute atomic E-state index is 0.185. The van der Waals surface area contributed by atoms with Gasteiger partial charge in [-0.15, -0.1) is 0 Å². The highest BCUT2D eigenvalue weighted by atomic mass is 19.3. The Morgan fingerprint density at radius 1 is 1.21 bits per heavy atom. The van der Waals surface area contributed by atoms with Crippen LogP contribution >= 0.6 is 0 Å². The first kappa shape index (κ1) is 13.5. The summed E-state index contributed by atoms with van der Waals surface area (Å²) in [6, 6.07) is 5.18. The minimum atomic E-state index is -2.87. The number of aliphatic hydroxyl groups is 1. The van der Waals surface area contributed by atoms with E-state index in [0.29, 0.717) is 22.4 Å². The van der Waals surface area contributed by atoms with Crippen molar-refractivity contribution in [3.8, 4) is 11.1 Å². The Balaban J connectivity index is 2.50. The molecule has 0 aliphatic carbocycles. The van der Waals surface area contributed by atoms with Crippen LogP contribution in [0.4, 0.5) is 13.2 Å². The van der Waals surface area contributed by atoms with Crippen molar-refractivity contribution in [2.75, 3.05) is 0 Å². The van der Waals surface area contributed by atoms with Gasteiger partial charge in [0, 0.05) is 17.5 Å². The molecular formula is C14H12F3NO. The zero-order valence-corrected chi connectivity index (χ0v) is 10.2. The predicted octanol–water partition coefficient (Wildman–Crippen LogP) is 3.63. The molecule has 19 heavy (non-hydrogen) atoms. The summed E-state index contributed by atoms with van der Waals surface area (Å²) in [4.78, 5) is 4.08. The molecule has 0 aliphatic heterocycles. The molecule has 100 valence electrons. The number of hydrogen-bond donors (Lipinski definition) is 1. The van der Waals surface area contributed by atoms with E-state index >= 15 is 0 Å². The van der Waals surface area contributed by atoms with Crippen molar-refractivity contribution in [1.29, 1.82) is 0 Å². The van der Waals surface area contributed by atoms with E-state index in [1.54, 1.807) is 13.0 Å². The molecule has 0 amide bonds. The zero-order valence-electron chi connectivity index (χ0n) is 10.2. The van der Waals surface area contributed by atoms with Gasteiger partial charge < -0.3 is 5.11 Å². The molecule has 0 aliphatic rings. The third kappa shape index (κ3) is 2.76. The van der Waals surface area contributed by atoms with E-state index in [0.717, 1.165) is 12.1 Å². The normalized spacial score (nSPS) is 11.1. The van der Waals surface area contributed by atoms with Crippen LogP contribution in [0.1, 0.15) is 23.2 Å². The van der Waals surface area contributed by atoms with Gasteiger partial charge in [0.05, 0.1) is 12.2 Å². The largest absolute Gasteiger partial charge is 0.392 e. The number of aromatic nitrogens is 1. The maximum Gasteiger partial charge on any atom is 0.266 e. The number of aryl methyl sites for hydroxylation is 1. The molecule has 2 rings (SSSR count). The van der Waals surface area contributed by atoms with Crippen molar-refractivity contribution in [2.24, 2.45) is 0 Å². The molecule has 1 heterocycles. The second-order valence-electron chi connectivity index (χ2n) is 4.16. The Hall–Kier alpha value is -1.88. The monoisotopic (exact) mass is 267 g/mol. The van der Waals surface area contributed by atoms with Crippen LogP contribution < -0.4 is 0 Å². The summed E-state index contributed by atoms with van der Waals surface area (Å²) in [5, 5.41) is 9.16. The summed E-state index contributed by atoms with van der Waals surface area (Å²) < 4.78 is 38.5. The van der Waals surface area contributed by atoms with Crippen LogP contribution in [0, 0.1) is 12.7 Å². The van der Waals surface area contributed by atoms with Gasteiger partial charge in [0.1, 0.15) is 5.82 Å². The Morgan fingerprint density at radius 3 is 2.58 bits per heavy atom. The van der Waals surface area contributed by atoms with Gasteiger partial charge >= 0.3 is 0 Å². The van der Waals surface area contributed by atoms with Crippen LogP contribution in [0.2, 0.25) is 0 Å². The average Bonchev–Trinajstić information content (AvgIpc) is 2.39. The first-order chi connectivity index (χ1) is 9.02. The highest BCUT2D eigenvalue weighted by molar-refractivity contribution is 5.64. The molecule has 1 aromatic heterocycles. The molecule has 1 aromatic carbocycles. The molecule has 0 radical (unpaired) electrons. The molecule has 5 heteroatoms. The molecule has 0 unspecified atom stereocenters. The van der Waals surface area contributed by atoms with Crippen molar-refractivity contribution in [2.45, 2.75) is 20.0 Å². The topological polar surface area (TPSA) is 33.1 Å². The maximum atomic E-state index is 13.2. The average molecular weight is 267 g/mol. The third-order valence-electron chi connectivity index (χ3n) is 2.93. The van der Waals surface area contributed by atoms with Crippen molar-refractivity contribution in [3.05, 3.63) is 53.1 Å². The summed E-state index contributed by atoms with van der Waals surface area (Å²) in [5.74, 6) is -0.929. The lowest BCUT2D eigenvalue weighted by Crippen LogP contribution is -1.95. The van der Waals surface area contributed by atoms with Gasteiger partial charge in [-0.3, -0.25) is 4.98 Å². The first-order valence-electron chi connectivity index (χ1n) is 5.67. The summed E-state index contributed by atoms with van der Waals surface area (Å²) in [5.41, 5.74) is 1.65. The molecule has 0 bridgehead atoms. The lowest BCUT2D eigenvalue weighted by molar-refractivity contribution is 0.146. The van der Waals surface area contributed by atoms with E-state index in [-0.39, 0.29) is 6.61 Å². The summed E-state index contributed by atoms with van der Waals surface area (Å²) in [6.45, 7) is 1.56. The minimum Gasteiger partial charge on any atom is -0.392 e. The fourth-order valence-corrected chi connectivity index (χ4v) is 1.79. The Labute approximate surface area is 108 Å². The predicted molar refractivity (Wildman–Crippen MR) is 65.2 cm³/mol. The van der Waals surface area contributed by atoms with Crippen LogP contribution in [0.15, 0.2) is 30.5 Å². The number of pyridine rings is 1. The molecule has 0 saturated carbocycles. The number of hydrogen-bond acceptors (Lipinski definition) is 2. The van der Waals surface area contributed by atoms with Gasteiger partial charge in [-0.2, -0.15) is 0 Å². The van der Waals surface area contributed by atoms with Gasteiger partial charge in [-0.25, -0.2) is 13.2 Å². The third-order valence-corrected chi connectivity index (χ3v) is 2.93. The second kappa shape index (κ2) is 5.40. The van der Waals surface area contributed by atoms with Gasteiger partial charge in [0.25, 0.3) is 6.43 Å². The summed E-state index contributed by atoms with van der Waals surface area (Å²) in [6.07, 6.45) is -1.35. The van der Waals surface area contributed by atoms with Crippen LogP contribution in [-0.2, 0) is 6.61 Å². The number of alkyl halides is 2. The number of rotatable bonds is 3. The molecule has 0 spiro atoms.